The van der Waals surface area contributed by atoms with Crippen LogP contribution in [0, 0.1) is 0 Å². The summed E-state index contributed by atoms with van der Waals surface area (Å²) < 4.78 is 33.9. The summed E-state index contributed by atoms with van der Waals surface area (Å²) in [5.74, 6) is 0. The van der Waals surface area contributed by atoms with E-state index in [1.807, 2.05) is 0 Å². The molecule has 0 aliphatic rings. The topological polar surface area (TPSA) is 12.0 Å². The van der Waals surface area contributed by atoms with Crippen LogP contribution in [0.3, 0.4) is 0 Å². The van der Waals surface area contributed by atoms with Crippen molar-refractivity contribution in [3.8, 4) is 0 Å². The molecule has 1 nitrogen and oxygen atoms in total. The minimum Gasteiger partial charge on any atom is -0.381 e. The molecule has 0 amide bonds. The molecular formula is C5H8F3N. The number of rotatable bonds is 2. The predicted molar refractivity (Wildman–Crippen MR) is 28.9 cm³/mol. The summed E-state index contributed by atoms with van der Waals surface area (Å²) in [4.78, 5) is 0. The van der Waals surface area contributed by atoms with Gasteiger partial charge in [-0.1, -0.05) is 6.58 Å². The SMILES string of the molecule is C=C(C)NCC(F)(F)F. The lowest BCUT2D eigenvalue weighted by atomic mass is 10.5. The Kier molecular flexibility index (Phi) is 2.55. The normalized spacial score (nSPS) is 11.1. The van der Waals surface area contributed by atoms with E-state index < -0.39 is 12.7 Å². The molecule has 54 valence electrons. The Hall–Kier alpha value is -0.670. The molecule has 0 unspecified atom stereocenters. The van der Waals surface area contributed by atoms with E-state index in [2.05, 4.69) is 11.9 Å². The Labute approximate surface area is 51.6 Å². The molecular weight excluding hydrogens is 131 g/mol. The van der Waals surface area contributed by atoms with Crippen molar-refractivity contribution in [2.24, 2.45) is 0 Å². The Balaban J connectivity index is 3.39. The van der Waals surface area contributed by atoms with Crippen molar-refractivity contribution in [3.63, 3.8) is 0 Å². The van der Waals surface area contributed by atoms with Gasteiger partial charge in [0.1, 0.15) is 6.54 Å². The Bertz CT molecular complexity index is 105. The second kappa shape index (κ2) is 2.75. The molecule has 9 heavy (non-hydrogen) atoms. The molecule has 4 heteroatoms. The summed E-state index contributed by atoms with van der Waals surface area (Å²) in [5.41, 5.74) is 0.326. The van der Waals surface area contributed by atoms with Gasteiger partial charge >= 0.3 is 6.18 Å². The molecule has 1 N–H and O–H groups in total. The Morgan fingerprint density at radius 2 is 2.00 bits per heavy atom. The highest BCUT2D eigenvalue weighted by Crippen LogP contribution is 2.12. The van der Waals surface area contributed by atoms with Crippen molar-refractivity contribution in [3.05, 3.63) is 12.3 Å². The van der Waals surface area contributed by atoms with Gasteiger partial charge in [0.05, 0.1) is 0 Å². The van der Waals surface area contributed by atoms with Crippen LogP contribution < -0.4 is 5.32 Å². The zero-order valence-corrected chi connectivity index (χ0v) is 5.05. The molecule has 0 heterocycles. The largest absolute Gasteiger partial charge is 0.405 e. The summed E-state index contributed by atoms with van der Waals surface area (Å²) >= 11 is 0. The van der Waals surface area contributed by atoms with Gasteiger partial charge in [0.2, 0.25) is 0 Å². The zero-order chi connectivity index (χ0) is 7.49. The van der Waals surface area contributed by atoms with Crippen LogP contribution in [0.1, 0.15) is 6.92 Å². The second-order valence-corrected chi connectivity index (χ2v) is 1.75. The van der Waals surface area contributed by atoms with E-state index in [-0.39, 0.29) is 0 Å². The van der Waals surface area contributed by atoms with Crippen LogP contribution in [0.15, 0.2) is 12.3 Å². The fourth-order valence-corrected chi connectivity index (χ4v) is 0.251. The van der Waals surface area contributed by atoms with Crippen molar-refractivity contribution in [2.45, 2.75) is 13.1 Å². The van der Waals surface area contributed by atoms with Crippen LogP contribution in [0.25, 0.3) is 0 Å². The van der Waals surface area contributed by atoms with Crippen molar-refractivity contribution >= 4 is 0 Å². The highest BCUT2D eigenvalue weighted by atomic mass is 19.4. The van der Waals surface area contributed by atoms with E-state index >= 15 is 0 Å². The number of alkyl halides is 3. The maximum Gasteiger partial charge on any atom is 0.405 e. The quantitative estimate of drug-likeness (QED) is 0.613. The van der Waals surface area contributed by atoms with Crippen LogP contribution in [0.5, 0.6) is 0 Å². The average molecular weight is 139 g/mol. The van der Waals surface area contributed by atoms with E-state index in [0.29, 0.717) is 5.70 Å². The number of nitrogens with one attached hydrogen (secondary N) is 1. The lowest BCUT2D eigenvalue weighted by Gasteiger charge is -2.07. The molecule has 0 atom stereocenters. The molecule has 0 aliphatic heterocycles. The molecule has 0 aliphatic carbocycles. The van der Waals surface area contributed by atoms with Crippen LogP contribution in [0.2, 0.25) is 0 Å². The van der Waals surface area contributed by atoms with Crippen LogP contribution in [0.4, 0.5) is 13.2 Å². The highest BCUT2D eigenvalue weighted by Gasteiger charge is 2.26. The van der Waals surface area contributed by atoms with Gasteiger partial charge in [0.25, 0.3) is 0 Å². The van der Waals surface area contributed by atoms with Gasteiger partial charge in [0.15, 0.2) is 0 Å². The predicted octanol–water partition coefficient (Wildman–Crippen LogP) is 1.67. The smallest absolute Gasteiger partial charge is 0.381 e. The van der Waals surface area contributed by atoms with Gasteiger partial charge in [-0.2, -0.15) is 13.2 Å². The van der Waals surface area contributed by atoms with Crippen molar-refractivity contribution in [1.29, 1.82) is 0 Å². The van der Waals surface area contributed by atoms with Gasteiger partial charge in [-0.15, -0.1) is 0 Å². The minimum absolute atomic E-state index is 0.326. The third-order valence-corrected chi connectivity index (χ3v) is 0.591. The first kappa shape index (κ1) is 8.33. The Morgan fingerprint density at radius 3 is 2.11 bits per heavy atom. The molecule has 0 aromatic rings. The molecule has 0 saturated heterocycles. The van der Waals surface area contributed by atoms with E-state index in [0.717, 1.165) is 0 Å². The third kappa shape index (κ3) is 7.33. The molecule has 0 spiro atoms. The van der Waals surface area contributed by atoms with Gasteiger partial charge < -0.3 is 5.32 Å². The number of allylic oxidation sites excluding steroid dienone is 1. The van der Waals surface area contributed by atoms with Crippen molar-refractivity contribution in [1.82, 2.24) is 5.32 Å². The van der Waals surface area contributed by atoms with E-state index in [9.17, 15) is 13.2 Å². The summed E-state index contributed by atoms with van der Waals surface area (Å²) in [7, 11) is 0. The lowest BCUT2D eigenvalue weighted by Crippen LogP contribution is -2.26. The van der Waals surface area contributed by atoms with Gasteiger partial charge in [-0.05, 0) is 6.92 Å². The first-order valence-corrected chi connectivity index (χ1v) is 2.38. The second-order valence-electron chi connectivity index (χ2n) is 1.75. The summed E-state index contributed by atoms with van der Waals surface area (Å²) in [6, 6.07) is 0. The summed E-state index contributed by atoms with van der Waals surface area (Å²) in [6.07, 6.45) is -4.14. The van der Waals surface area contributed by atoms with Crippen LogP contribution in [-0.4, -0.2) is 12.7 Å². The molecule has 0 bridgehead atoms. The van der Waals surface area contributed by atoms with Crippen molar-refractivity contribution < 1.29 is 13.2 Å². The third-order valence-electron chi connectivity index (χ3n) is 0.591. The molecule has 0 saturated carbocycles. The van der Waals surface area contributed by atoms with Crippen LogP contribution in [-0.2, 0) is 0 Å². The van der Waals surface area contributed by atoms with Gasteiger partial charge in [0, 0.05) is 5.70 Å². The fourth-order valence-electron chi connectivity index (χ4n) is 0.251. The van der Waals surface area contributed by atoms with E-state index in [1.165, 1.54) is 6.92 Å². The highest BCUT2D eigenvalue weighted by molar-refractivity contribution is 4.84. The summed E-state index contributed by atoms with van der Waals surface area (Å²) in [5, 5.41) is 2.07. The molecule has 0 rings (SSSR count). The molecule has 0 aromatic carbocycles. The number of halogens is 3. The standard InChI is InChI=1S/C5H8F3N/c1-4(2)9-3-5(6,7)8/h9H,1,3H2,2H3. The average Bonchev–Trinajstić information content (AvgIpc) is 1.59. The van der Waals surface area contributed by atoms with Crippen LogP contribution >= 0.6 is 0 Å². The molecule has 0 aromatic heterocycles. The van der Waals surface area contributed by atoms with Gasteiger partial charge in [-0.25, -0.2) is 0 Å². The first-order chi connectivity index (χ1) is 3.92. The fraction of sp³-hybridized carbons (Fsp3) is 0.600. The number of hydrogen-bond acceptors (Lipinski definition) is 1. The maximum atomic E-state index is 11.3. The maximum absolute atomic E-state index is 11.3. The van der Waals surface area contributed by atoms with Gasteiger partial charge in [-0.3, -0.25) is 0 Å². The molecule has 0 radical (unpaired) electrons. The lowest BCUT2D eigenvalue weighted by molar-refractivity contribution is -0.123. The van der Waals surface area contributed by atoms with E-state index in [4.69, 9.17) is 0 Å². The minimum atomic E-state index is -4.14. The first-order valence-electron chi connectivity index (χ1n) is 2.38. The Morgan fingerprint density at radius 1 is 1.56 bits per heavy atom. The summed E-state index contributed by atoms with van der Waals surface area (Å²) in [6.45, 7) is 3.73. The number of hydrogen-bond donors (Lipinski definition) is 1. The van der Waals surface area contributed by atoms with E-state index in [1.54, 1.807) is 0 Å². The zero-order valence-electron chi connectivity index (χ0n) is 5.05. The molecule has 0 fully saturated rings. The van der Waals surface area contributed by atoms with Crippen molar-refractivity contribution in [2.75, 3.05) is 6.54 Å². The monoisotopic (exact) mass is 139 g/mol.